The van der Waals surface area contributed by atoms with Gasteiger partial charge >= 0.3 is 0 Å². The molecule has 0 amide bonds. The van der Waals surface area contributed by atoms with Crippen LogP contribution in [0.2, 0.25) is 0 Å². The van der Waals surface area contributed by atoms with Crippen LogP contribution in [0.25, 0.3) is 0 Å². The molecule has 1 saturated carbocycles. The minimum Gasteiger partial charge on any atom is -0.380 e. The van der Waals surface area contributed by atoms with Gasteiger partial charge in [-0.1, -0.05) is 0 Å². The fraction of sp³-hybridized carbons (Fsp3) is 1.00. The van der Waals surface area contributed by atoms with Gasteiger partial charge < -0.3 is 10.5 Å². The topological polar surface area (TPSA) is 35.2 Å². The highest BCUT2D eigenvalue weighted by Crippen LogP contribution is 2.18. The van der Waals surface area contributed by atoms with Gasteiger partial charge in [-0.3, -0.25) is 0 Å². The van der Waals surface area contributed by atoms with Gasteiger partial charge in [0.1, 0.15) is 0 Å². The highest BCUT2D eigenvalue weighted by atomic mass is 16.5. The number of rotatable bonds is 1. The fourth-order valence-electron chi connectivity index (χ4n) is 1.25. The molecule has 0 heterocycles. The molecule has 0 aromatic carbocycles. The van der Waals surface area contributed by atoms with Crippen LogP contribution in [0.1, 0.15) is 19.3 Å². The van der Waals surface area contributed by atoms with E-state index in [9.17, 15) is 0 Å². The molecule has 0 radical (unpaired) electrons. The van der Waals surface area contributed by atoms with Crippen LogP contribution >= 0.6 is 0 Å². The lowest BCUT2D eigenvalue weighted by Gasteiger charge is -2.11. The molecule has 1 fully saturated rings. The molecular weight excluding hydrogens is 102 g/mol. The minimum atomic E-state index is 0.306. The lowest BCUT2D eigenvalue weighted by molar-refractivity contribution is 0.0960. The zero-order valence-electron chi connectivity index (χ0n) is 5.26. The number of nitrogens with two attached hydrogens (primary N) is 1. The summed E-state index contributed by atoms with van der Waals surface area (Å²) in [6.07, 6.45) is 3.87. The minimum absolute atomic E-state index is 0.306. The van der Waals surface area contributed by atoms with Gasteiger partial charge in [0, 0.05) is 13.2 Å². The molecule has 1 unspecified atom stereocenters. The van der Waals surface area contributed by atoms with E-state index in [1.54, 1.807) is 7.11 Å². The number of hydrogen-bond acceptors (Lipinski definition) is 2. The highest BCUT2D eigenvalue weighted by molar-refractivity contribution is 4.80. The number of methoxy groups -OCH3 is 1. The molecule has 0 bridgehead atoms. The fourth-order valence-corrected chi connectivity index (χ4v) is 1.25. The first-order chi connectivity index (χ1) is 3.84. The summed E-state index contributed by atoms with van der Waals surface area (Å²) < 4.78 is 5.10. The number of hydrogen-bond donors (Lipinski definition) is 1. The summed E-state index contributed by atoms with van der Waals surface area (Å²) in [4.78, 5) is 0. The normalized spacial score (nSPS) is 38.2. The molecule has 1 rings (SSSR count). The Bertz CT molecular complexity index is 74.9. The van der Waals surface area contributed by atoms with Gasteiger partial charge in [0.05, 0.1) is 6.10 Å². The molecule has 0 aliphatic heterocycles. The average Bonchev–Trinajstić information content (AvgIpc) is 2.14. The molecule has 0 saturated heterocycles. The summed E-state index contributed by atoms with van der Waals surface area (Å²) in [6.45, 7) is 0. The van der Waals surface area contributed by atoms with Crippen molar-refractivity contribution in [2.75, 3.05) is 7.11 Å². The van der Waals surface area contributed by atoms with E-state index in [0.717, 1.165) is 12.8 Å². The average molecular weight is 115 g/mol. The van der Waals surface area contributed by atoms with E-state index in [4.69, 9.17) is 10.5 Å². The van der Waals surface area contributed by atoms with Gasteiger partial charge in [0.15, 0.2) is 0 Å². The third kappa shape index (κ3) is 1.01. The van der Waals surface area contributed by atoms with Crippen molar-refractivity contribution >= 4 is 0 Å². The third-order valence-electron chi connectivity index (χ3n) is 1.81. The van der Waals surface area contributed by atoms with E-state index >= 15 is 0 Å². The lowest BCUT2D eigenvalue weighted by Crippen LogP contribution is -2.30. The van der Waals surface area contributed by atoms with Crippen molar-refractivity contribution < 1.29 is 4.74 Å². The molecule has 0 aromatic rings. The maximum Gasteiger partial charge on any atom is 0.0722 e. The molecule has 2 nitrogen and oxygen atoms in total. The second-order valence-corrected chi connectivity index (χ2v) is 2.37. The Kier molecular flexibility index (Phi) is 1.86. The molecule has 2 atom stereocenters. The predicted molar refractivity (Wildman–Crippen MR) is 32.6 cm³/mol. The SMILES string of the molecule is CO[C@H]1CCCC1N. The summed E-state index contributed by atoms with van der Waals surface area (Å²) in [5, 5.41) is 0. The summed E-state index contributed by atoms with van der Waals surface area (Å²) in [5.41, 5.74) is 5.66. The first-order valence-corrected chi connectivity index (χ1v) is 3.13. The molecule has 0 spiro atoms. The van der Waals surface area contributed by atoms with Crippen LogP contribution in [0.5, 0.6) is 0 Å². The molecule has 0 aromatic heterocycles. The zero-order chi connectivity index (χ0) is 5.98. The zero-order valence-corrected chi connectivity index (χ0v) is 5.26. The van der Waals surface area contributed by atoms with Gasteiger partial charge in [-0.05, 0) is 19.3 Å². The van der Waals surface area contributed by atoms with Crippen molar-refractivity contribution in [3.63, 3.8) is 0 Å². The monoisotopic (exact) mass is 115 g/mol. The van der Waals surface area contributed by atoms with E-state index in [-0.39, 0.29) is 0 Å². The predicted octanol–water partition coefficient (Wildman–Crippen LogP) is 0.513. The summed E-state index contributed by atoms with van der Waals surface area (Å²) >= 11 is 0. The van der Waals surface area contributed by atoms with Crippen LogP contribution in [0, 0.1) is 0 Å². The van der Waals surface area contributed by atoms with Crippen LogP contribution in [0.4, 0.5) is 0 Å². The third-order valence-corrected chi connectivity index (χ3v) is 1.81. The van der Waals surface area contributed by atoms with Crippen LogP contribution in [-0.4, -0.2) is 19.3 Å². The van der Waals surface area contributed by atoms with E-state index in [1.807, 2.05) is 0 Å². The van der Waals surface area contributed by atoms with E-state index in [1.165, 1.54) is 6.42 Å². The second kappa shape index (κ2) is 2.46. The Hall–Kier alpha value is -0.0800. The number of ether oxygens (including phenoxy) is 1. The van der Waals surface area contributed by atoms with Crippen LogP contribution in [0.15, 0.2) is 0 Å². The van der Waals surface area contributed by atoms with E-state index in [2.05, 4.69) is 0 Å². The summed E-state index contributed by atoms with van der Waals surface area (Å²) in [7, 11) is 1.73. The molecule has 1 aliphatic carbocycles. The van der Waals surface area contributed by atoms with Gasteiger partial charge in [-0.25, -0.2) is 0 Å². The summed E-state index contributed by atoms with van der Waals surface area (Å²) in [5.74, 6) is 0. The Morgan fingerprint density at radius 3 is 2.50 bits per heavy atom. The van der Waals surface area contributed by atoms with Crippen LogP contribution in [0.3, 0.4) is 0 Å². The standard InChI is InChI=1S/C6H13NO/c1-8-6-4-2-3-5(6)7/h5-6H,2-4,7H2,1H3/t5?,6-/m0/s1. The Morgan fingerprint density at radius 2 is 2.25 bits per heavy atom. The van der Waals surface area contributed by atoms with Crippen LogP contribution in [-0.2, 0) is 4.74 Å². The maximum absolute atomic E-state index is 5.66. The van der Waals surface area contributed by atoms with Crippen molar-refractivity contribution in [3.8, 4) is 0 Å². The Morgan fingerprint density at radius 1 is 1.50 bits per heavy atom. The first-order valence-electron chi connectivity index (χ1n) is 3.13. The van der Waals surface area contributed by atoms with Gasteiger partial charge in [-0.15, -0.1) is 0 Å². The molecule has 2 N–H and O–H groups in total. The van der Waals surface area contributed by atoms with Crippen molar-refractivity contribution in [2.24, 2.45) is 5.73 Å². The van der Waals surface area contributed by atoms with Gasteiger partial charge in [0.2, 0.25) is 0 Å². The van der Waals surface area contributed by atoms with Crippen molar-refractivity contribution in [1.82, 2.24) is 0 Å². The lowest BCUT2D eigenvalue weighted by atomic mass is 10.2. The van der Waals surface area contributed by atoms with E-state index < -0.39 is 0 Å². The molecule has 48 valence electrons. The van der Waals surface area contributed by atoms with Gasteiger partial charge in [0.25, 0.3) is 0 Å². The highest BCUT2D eigenvalue weighted by Gasteiger charge is 2.22. The molecule has 8 heavy (non-hydrogen) atoms. The second-order valence-electron chi connectivity index (χ2n) is 2.37. The van der Waals surface area contributed by atoms with Gasteiger partial charge in [-0.2, -0.15) is 0 Å². The molecular formula is C6H13NO. The smallest absolute Gasteiger partial charge is 0.0722 e. The van der Waals surface area contributed by atoms with Crippen molar-refractivity contribution in [1.29, 1.82) is 0 Å². The molecule has 2 heteroatoms. The maximum atomic E-state index is 5.66. The molecule has 1 aliphatic rings. The van der Waals surface area contributed by atoms with Crippen LogP contribution < -0.4 is 5.73 Å². The van der Waals surface area contributed by atoms with Crippen molar-refractivity contribution in [3.05, 3.63) is 0 Å². The van der Waals surface area contributed by atoms with Crippen molar-refractivity contribution in [2.45, 2.75) is 31.4 Å². The quantitative estimate of drug-likeness (QED) is 0.540. The largest absolute Gasteiger partial charge is 0.380 e. The first kappa shape index (κ1) is 6.05. The Labute approximate surface area is 50.0 Å². The Balaban J connectivity index is 2.30. The van der Waals surface area contributed by atoms with E-state index in [0.29, 0.717) is 12.1 Å². The summed E-state index contributed by atoms with van der Waals surface area (Å²) in [6, 6.07) is 0.306.